The van der Waals surface area contributed by atoms with Crippen LogP contribution in [0.1, 0.15) is 13.8 Å². The maximum absolute atomic E-state index is 9.67. The minimum absolute atomic E-state index is 0.147. The molecule has 0 aromatic rings. The van der Waals surface area contributed by atoms with E-state index in [1.165, 1.54) is 6.08 Å². The van der Waals surface area contributed by atoms with Crippen LogP contribution in [0.25, 0.3) is 0 Å². The van der Waals surface area contributed by atoms with E-state index in [2.05, 4.69) is 11.0 Å². The molecule has 0 saturated heterocycles. The molecule has 0 aromatic carbocycles. The Morgan fingerprint density at radius 2 is 2.09 bits per heavy atom. The summed E-state index contributed by atoms with van der Waals surface area (Å²) in [6, 6.07) is 0. The molecule has 0 aromatic heterocycles. The maximum Gasteiger partial charge on any atom is 0.764 e. The van der Waals surface area contributed by atoms with E-state index >= 15 is 0 Å². The molecular weight excluding hydrogens is 164 g/mol. The van der Waals surface area contributed by atoms with Crippen molar-refractivity contribution >= 4 is 9.17 Å². The van der Waals surface area contributed by atoms with Crippen LogP contribution in [-0.2, 0) is 8.89 Å². The lowest BCUT2D eigenvalue weighted by atomic mass is 10.5. The maximum atomic E-state index is 9.67. The molecule has 0 rings (SSSR count). The van der Waals surface area contributed by atoms with Crippen molar-refractivity contribution in [3.05, 3.63) is 12.7 Å². The summed E-state index contributed by atoms with van der Waals surface area (Å²) in [6.45, 7) is 6.87. The second-order valence-electron chi connectivity index (χ2n) is 1.96. The lowest BCUT2D eigenvalue weighted by molar-refractivity contribution is 0.216. The van der Waals surface area contributed by atoms with Crippen molar-refractivity contribution < 1.29 is 18.8 Å². The first-order chi connectivity index (χ1) is 5.00. The zero-order chi connectivity index (χ0) is 9.28. The number of aliphatic hydroxyl groups excluding tert-OH is 1. The fourth-order valence-electron chi connectivity index (χ4n) is 0.130. The second kappa shape index (κ2) is 9.32. The SMILES string of the molecule is C=CCO[Si](=O)O.CC(C)O. The first-order valence-corrected chi connectivity index (χ1v) is 4.41. The molecule has 0 atom stereocenters. The summed E-state index contributed by atoms with van der Waals surface area (Å²) < 4.78 is 13.8. The quantitative estimate of drug-likeness (QED) is 0.471. The van der Waals surface area contributed by atoms with Crippen LogP contribution in [0, 0.1) is 0 Å². The Kier molecular flexibility index (Phi) is 11.0. The van der Waals surface area contributed by atoms with Gasteiger partial charge in [-0.1, -0.05) is 12.7 Å². The molecule has 0 aliphatic heterocycles. The van der Waals surface area contributed by atoms with Crippen LogP contribution in [0.3, 0.4) is 0 Å². The van der Waals surface area contributed by atoms with Crippen molar-refractivity contribution in [3.63, 3.8) is 0 Å². The zero-order valence-electron chi connectivity index (χ0n) is 6.78. The third-order valence-electron chi connectivity index (χ3n) is 0.325. The molecule has 0 aliphatic carbocycles. The van der Waals surface area contributed by atoms with Gasteiger partial charge in [0.1, 0.15) is 0 Å². The van der Waals surface area contributed by atoms with E-state index in [0.717, 1.165) is 0 Å². The average molecular weight is 178 g/mol. The molecule has 11 heavy (non-hydrogen) atoms. The normalized spacial score (nSPS) is 8.00. The largest absolute Gasteiger partial charge is 0.764 e. The zero-order valence-corrected chi connectivity index (χ0v) is 7.78. The van der Waals surface area contributed by atoms with E-state index in [9.17, 15) is 4.46 Å². The van der Waals surface area contributed by atoms with Crippen molar-refractivity contribution in [2.45, 2.75) is 20.0 Å². The van der Waals surface area contributed by atoms with Gasteiger partial charge in [-0.2, -0.15) is 0 Å². The van der Waals surface area contributed by atoms with Gasteiger partial charge in [-0.3, -0.25) is 4.46 Å². The summed E-state index contributed by atoms with van der Waals surface area (Å²) >= 11 is 0. The van der Waals surface area contributed by atoms with E-state index in [1.54, 1.807) is 13.8 Å². The molecule has 0 fully saturated rings. The molecule has 0 bridgehead atoms. The lowest BCUT2D eigenvalue weighted by Crippen LogP contribution is -2.04. The van der Waals surface area contributed by atoms with Crippen molar-refractivity contribution in [1.82, 2.24) is 0 Å². The minimum Gasteiger partial charge on any atom is -0.511 e. The van der Waals surface area contributed by atoms with E-state index in [0.29, 0.717) is 0 Å². The van der Waals surface area contributed by atoms with Crippen LogP contribution < -0.4 is 0 Å². The molecule has 0 amide bonds. The fourth-order valence-corrected chi connectivity index (χ4v) is 0.391. The molecule has 66 valence electrons. The van der Waals surface area contributed by atoms with Crippen molar-refractivity contribution in [3.8, 4) is 0 Å². The molecule has 5 heteroatoms. The van der Waals surface area contributed by atoms with Gasteiger partial charge in [0.05, 0.1) is 6.61 Å². The highest BCUT2D eigenvalue weighted by molar-refractivity contribution is 6.24. The highest BCUT2D eigenvalue weighted by Crippen LogP contribution is 1.68. The van der Waals surface area contributed by atoms with Gasteiger partial charge in [0.25, 0.3) is 0 Å². The third-order valence-corrected chi connectivity index (χ3v) is 0.738. The van der Waals surface area contributed by atoms with Gasteiger partial charge in [-0.05, 0) is 13.8 Å². The minimum atomic E-state index is -2.72. The van der Waals surface area contributed by atoms with E-state index < -0.39 is 9.17 Å². The van der Waals surface area contributed by atoms with Crippen LogP contribution in [0.5, 0.6) is 0 Å². The Morgan fingerprint density at radius 3 is 2.18 bits per heavy atom. The summed E-state index contributed by atoms with van der Waals surface area (Å²) in [6.07, 6.45) is 1.25. The van der Waals surface area contributed by atoms with Gasteiger partial charge in [-0.25, -0.2) is 0 Å². The van der Waals surface area contributed by atoms with Gasteiger partial charge in [0.15, 0.2) is 0 Å². The van der Waals surface area contributed by atoms with Crippen LogP contribution in [0.2, 0.25) is 0 Å². The Labute approximate surface area is 68.0 Å². The van der Waals surface area contributed by atoms with Gasteiger partial charge in [0.2, 0.25) is 0 Å². The highest BCUT2D eigenvalue weighted by atomic mass is 28.3. The van der Waals surface area contributed by atoms with Crippen LogP contribution in [-0.4, -0.2) is 31.8 Å². The summed E-state index contributed by atoms with van der Waals surface area (Å²) in [4.78, 5) is 7.96. The Bertz CT molecular complexity index is 110. The standard InChI is InChI=1S/C3H6O3Si.C3H8O/c1-2-3-6-7(4)5;1-3(2)4/h2,4H,1,3H2;3-4H,1-2H3. The van der Waals surface area contributed by atoms with Crippen molar-refractivity contribution in [2.75, 3.05) is 6.61 Å². The lowest BCUT2D eigenvalue weighted by Gasteiger charge is -1.88. The predicted octanol–water partition coefficient (Wildman–Crippen LogP) is -0.0162. The molecule has 0 unspecified atom stereocenters. The fraction of sp³-hybridized carbons (Fsp3) is 0.667. The number of hydrogen-bond acceptors (Lipinski definition) is 3. The molecule has 0 heterocycles. The van der Waals surface area contributed by atoms with Gasteiger partial charge < -0.3 is 14.3 Å². The topological polar surface area (TPSA) is 66.8 Å². The van der Waals surface area contributed by atoms with E-state index in [-0.39, 0.29) is 12.7 Å². The molecule has 0 aliphatic rings. The average Bonchev–Trinajstić information content (AvgIpc) is 1.82. The Balaban J connectivity index is 0. The van der Waals surface area contributed by atoms with Crippen LogP contribution >= 0.6 is 0 Å². The summed E-state index contributed by atoms with van der Waals surface area (Å²) in [5.41, 5.74) is 0. The molecule has 4 nitrogen and oxygen atoms in total. The molecule has 0 radical (unpaired) electrons. The monoisotopic (exact) mass is 178 g/mol. The molecule has 2 N–H and O–H groups in total. The van der Waals surface area contributed by atoms with E-state index in [4.69, 9.17) is 9.90 Å². The highest BCUT2D eigenvalue weighted by Gasteiger charge is 1.98. The van der Waals surface area contributed by atoms with Crippen molar-refractivity contribution in [2.24, 2.45) is 0 Å². The second-order valence-corrected chi connectivity index (χ2v) is 2.78. The first-order valence-electron chi connectivity index (χ1n) is 3.15. The van der Waals surface area contributed by atoms with Gasteiger partial charge in [0, 0.05) is 6.10 Å². The van der Waals surface area contributed by atoms with Crippen LogP contribution in [0.15, 0.2) is 12.7 Å². The number of aliphatic hydroxyl groups is 1. The summed E-state index contributed by atoms with van der Waals surface area (Å²) in [7, 11) is -2.72. The predicted molar refractivity (Wildman–Crippen MR) is 42.2 cm³/mol. The smallest absolute Gasteiger partial charge is 0.511 e. The van der Waals surface area contributed by atoms with Crippen molar-refractivity contribution in [1.29, 1.82) is 0 Å². The number of hydrogen-bond donors (Lipinski definition) is 2. The van der Waals surface area contributed by atoms with Gasteiger partial charge >= 0.3 is 9.17 Å². The summed E-state index contributed by atoms with van der Waals surface area (Å²) in [5, 5.41) is 8.06. The summed E-state index contributed by atoms with van der Waals surface area (Å²) in [5.74, 6) is 0. The Morgan fingerprint density at radius 1 is 1.73 bits per heavy atom. The molecular formula is C6H14O4Si. The van der Waals surface area contributed by atoms with Crippen LogP contribution in [0.4, 0.5) is 0 Å². The first kappa shape index (κ1) is 12.9. The van der Waals surface area contributed by atoms with E-state index in [1.807, 2.05) is 0 Å². The third kappa shape index (κ3) is 45.3. The number of rotatable bonds is 3. The molecule has 0 spiro atoms. The Hall–Kier alpha value is -0.683. The van der Waals surface area contributed by atoms with Gasteiger partial charge in [-0.15, -0.1) is 0 Å². The molecule has 0 saturated carbocycles.